The zero-order chi connectivity index (χ0) is 19.3. The number of pyridine rings is 1. The number of nitrogens with one attached hydrogen (secondary N) is 2. The summed E-state index contributed by atoms with van der Waals surface area (Å²) in [6, 6.07) is 19.5. The van der Waals surface area contributed by atoms with Crippen LogP contribution in [0, 0.1) is 5.82 Å². The van der Waals surface area contributed by atoms with Crippen molar-refractivity contribution in [2.24, 2.45) is 0 Å². The molecule has 3 N–H and O–H groups in total. The molecule has 0 aliphatic rings. The fraction of sp³-hybridized carbons (Fsp3) is 0.0909. The molecule has 1 unspecified atom stereocenters. The third kappa shape index (κ3) is 3.77. The second kappa shape index (κ2) is 8.02. The van der Waals surface area contributed by atoms with Crippen LogP contribution in [-0.4, -0.2) is 26.9 Å². The quantitative estimate of drug-likeness (QED) is 0.467. The van der Waals surface area contributed by atoms with Gasteiger partial charge in [-0.1, -0.05) is 30.3 Å². The van der Waals surface area contributed by atoms with Gasteiger partial charge in [-0.05, 0) is 47.5 Å². The van der Waals surface area contributed by atoms with Gasteiger partial charge in [0.05, 0.1) is 24.5 Å². The highest BCUT2D eigenvalue weighted by atomic mass is 19.1. The molecule has 6 heteroatoms. The number of anilines is 1. The summed E-state index contributed by atoms with van der Waals surface area (Å²) in [4.78, 5) is 4.37. The first-order valence-corrected chi connectivity index (χ1v) is 8.92. The van der Waals surface area contributed by atoms with Gasteiger partial charge in [0.2, 0.25) is 0 Å². The summed E-state index contributed by atoms with van der Waals surface area (Å²) in [6.45, 7) is -0.0531. The molecule has 4 aromatic rings. The van der Waals surface area contributed by atoms with E-state index in [9.17, 15) is 9.50 Å². The van der Waals surface area contributed by atoms with E-state index >= 15 is 0 Å². The molecule has 0 amide bonds. The smallest absolute Gasteiger partial charge is 0.127 e. The van der Waals surface area contributed by atoms with Crippen molar-refractivity contribution in [2.45, 2.75) is 6.04 Å². The van der Waals surface area contributed by atoms with Gasteiger partial charge in [0, 0.05) is 17.3 Å². The summed E-state index contributed by atoms with van der Waals surface area (Å²) in [7, 11) is 0. The normalized spacial score (nSPS) is 11.9. The molecule has 2 heterocycles. The van der Waals surface area contributed by atoms with Crippen molar-refractivity contribution in [1.29, 1.82) is 0 Å². The van der Waals surface area contributed by atoms with Crippen LogP contribution in [0.3, 0.4) is 0 Å². The highest BCUT2D eigenvalue weighted by Crippen LogP contribution is 2.31. The molecule has 0 radical (unpaired) electrons. The van der Waals surface area contributed by atoms with Crippen LogP contribution < -0.4 is 5.32 Å². The summed E-state index contributed by atoms with van der Waals surface area (Å²) in [5, 5.41) is 20.2. The first-order valence-electron chi connectivity index (χ1n) is 8.92. The van der Waals surface area contributed by atoms with Gasteiger partial charge in [0.1, 0.15) is 11.6 Å². The molecule has 0 saturated heterocycles. The van der Waals surface area contributed by atoms with Crippen LogP contribution >= 0.6 is 0 Å². The van der Waals surface area contributed by atoms with E-state index in [4.69, 9.17) is 0 Å². The van der Waals surface area contributed by atoms with Crippen LogP contribution in [0.4, 0.5) is 10.2 Å². The Balaban J connectivity index is 1.63. The number of hydrogen-bond donors (Lipinski definition) is 3. The minimum atomic E-state index is -0.281. The number of nitrogens with zero attached hydrogens (tertiary/aromatic N) is 2. The number of aromatic amines is 1. The Kier molecular flexibility index (Phi) is 5.12. The SMILES string of the molecule is OCC(Nc1cc(-c2cn[nH]c2-c2ccc(F)cc2)ccn1)c1ccccc1. The van der Waals surface area contributed by atoms with Crippen molar-refractivity contribution in [3.8, 4) is 22.4 Å². The minimum Gasteiger partial charge on any atom is -0.394 e. The Morgan fingerprint density at radius 2 is 1.79 bits per heavy atom. The molecule has 140 valence electrons. The van der Waals surface area contributed by atoms with Crippen LogP contribution in [-0.2, 0) is 0 Å². The highest BCUT2D eigenvalue weighted by molar-refractivity contribution is 5.81. The number of aliphatic hydroxyl groups excluding tert-OH is 1. The zero-order valence-corrected chi connectivity index (χ0v) is 15.0. The molecular formula is C22H19FN4O. The predicted molar refractivity (Wildman–Crippen MR) is 107 cm³/mol. The fourth-order valence-corrected chi connectivity index (χ4v) is 3.12. The molecule has 2 aromatic carbocycles. The third-order valence-corrected chi connectivity index (χ3v) is 4.55. The lowest BCUT2D eigenvalue weighted by atomic mass is 10.0. The number of aliphatic hydroxyl groups is 1. The second-order valence-corrected chi connectivity index (χ2v) is 6.39. The van der Waals surface area contributed by atoms with E-state index in [2.05, 4.69) is 20.5 Å². The van der Waals surface area contributed by atoms with Gasteiger partial charge in [-0.25, -0.2) is 9.37 Å². The Morgan fingerprint density at radius 1 is 1.00 bits per heavy atom. The monoisotopic (exact) mass is 374 g/mol. The van der Waals surface area contributed by atoms with Gasteiger partial charge in [-0.15, -0.1) is 0 Å². The van der Waals surface area contributed by atoms with Crippen molar-refractivity contribution < 1.29 is 9.50 Å². The molecule has 0 aliphatic carbocycles. The van der Waals surface area contributed by atoms with Crippen molar-refractivity contribution in [3.63, 3.8) is 0 Å². The maximum Gasteiger partial charge on any atom is 0.127 e. The van der Waals surface area contributed by atoms with Crippen molar-refractivity contribution in [1.82, 2.24) is 15.2 Å². The lowest BCUT2D eigenvalue weighted by Gasteiger charge is -2.17. The predicted octanol–water partition coefficient (Wildman–Crippen LogP) is 4.42. The number of H-pyrrole nitrogens is 1. The average molecular weight is 374 g/mol. The number of benzene rings is 2. The molecule has 5 nitrogen and oxygen atoms in total. The molecule has 0 aliphatic heterocycles. The van der Waals surface area contributed by atoms with Crippen LogP contribution in [0.1, 0.15) is 11.6 Å². The maximum atomic E-state index is 13.2. The molecule has 0 bridgehead atoms. The van der Waals surface area contributed by atoms with Gasteiger partial charge in [0.25, 0.3) is 0 Å². The molecule has 28 heavy (non-hydrogen) atoms. The summed E-state index contributed by atoms with van der Waals surface area (Å²) in [5.41, 5.74) is 4.43. The van der Waals surface area contributed by atoms with Gasteiger partial charge in [-0.3, -0.25) is 5.10 Å². The third-order valence-electron chi connectivity index (χ3n) is 4.55. The minimum absolute atomic E-state index is 0.0531. The van der Waals surface area contributed by atoms with Gasteiger partial charge >= 0.3 is 0 Å². The molecule has 0 spiro atoms. The van der Waals surface area contributed by atoms with Crippen LogP contribution in [0.5, 0.6) is 0 Å². The highest BCUT2D eigenvalue weighted by Gasteiger charge is 2.13. The molecule has 1 atom stereocenters. The summed E-state index contributed by atoms with van der Waals surface area (Å²) >= 11 is 0. The molecule has 0 saturated carbocycles. The zero-order valence-electron chi connectivity index (χ0n) is 15.0. The summed E-state index contributed by atoms with van der Waals surface area (Å²) < 4.78 is 13.2. The van der Waals surface area contributed by atoms with E-state index in [1.807, 2.05) is 42.5 Å². The van der Waals surface area contributed by atoms with Gasteiger partial charge in [0.15, 0.2) is 0 Å². The average Bonchev–Trinajstić information content (AvgIpc) is 3.23. The van der Waals surface area contributed by atoms with Gasteiger partial charge < -0.3 is 10.4 Å². The number of aromatic nitrogens is 3. The van der Waals surface area contributed by atoms with Gasteiger partial charge in [-0.2, -0.15) is 5.10 Å². The second-order valence-electron chi connectivity index (χ2n) is 6.39. The standard InChI is InChI=1S/C22H19FN4O/c23-18-8-6-16(7-9-18)22-19(13-25-27-22)17-10-11-24-21(12-17)26-20(14-28)15-4-2-1-3-5-15/h1-13,20,28H,14H2,(H,24,26)(H,25,27). The fourth-order valence-electron chi connectivity index (χ4n) is 3.12. The van der Waals surface area contributed by atoms with E-state index in [1.165, 1.54) is 12.1 Å². The Morgan fingerprint density at radius 3 is 2.54 bits per heavy atom. The van der Waals surface area contributed by atoms with E-state index < -0.39 is 0 Å². The van der Waals surface area contributed by atoms with Crippen molar-refractivity contribution in [3.05, 3.63) is 90.5 Å². The lowest BCUT2D eigenvalue weighted by molar-refractivity contribution is 0.276. The number of halogens is 1. The number of hydrogen-bond acceptors (Lipinski definition) is 4. The van der Waals surface area contributed by atoms with E-state index in [0.29, 0.717) is 5.82 Å². The Hall–Kier alpha value is -3.51. The van der Waals surface area contributed by atoms with Crippen LogP contribution in [0.25, 0.3) is 22.4 Å². The van der Waals surface area contributed by atoms with Crippen LogP contribution in [0.15, 0.2) is 79.1 Å². The first kappa shape index (κ1) is 17.9. The largest absolute Gasteiger partial charge is 0.394 e. The Labute approximate surface area is 161 Å². The lowest BCUT2D eigenvalue weighted by Crippen LogP contribution is -2.15. The summed E-state index contributed by atoms with van der Waals surface area (Å²) in [5.74, 6) is 0.364. The van der Waals surface area contributed by atoms with E-state index in [0.717, 1.165) is 27.9 Å². The number of rotatable bonds is 6. The van der Waals surface area contributed by atoms with Crippen LogP contribution in [0.2, 0.25) is 0 Å². The maximum absolute atomic E-state index is 13.2. The molecule has 4 rings (SSSR count). The topological polar surface area (TPSA) is 73.8 Å². The van der Waals surface area contributed by atoms with Crippen molar-refractivity contribution >= 4 is 5.82 Å². The van der Waals surface area contributed by atoms with E-state index in [1.54, 1.807) is 24.5 Å². The summed E-state index contributed by atoms with van der Waals surface area (Å²) in [6.07, 6.45) is 3.44. The van der Waals surface area contributed by atoms with Crippen molar-refractivity contribution in [2.75, 3.05) is 11.9 Å². The molecule has 2 aromatic heterocycles. The molecular weight excluding hydrogens is 355 g/mol. The Bertz CT molecular complexity index is 1050. The first-order chi connectivity index (χ1) is 13.7. The van der Waals surface area contributed by atoms with E-state index in [-0.39, 0.29) is 18.5 Å². The molecule has 0 fully saturated rings.